The van der Waals surface area contributed by atoms with Gasteiger partial charge in [0.05, 0.1) is 32.4 Å². The van der Waals surface area contributed by atoms with Crippen LogP contribution < -0.4 is 9.47 Å². The molecule has 0 bridgehead atoms. The van der Waals surface area contributed by atoms with Crippen molar-refractivity contribution in [2.24, 2.45) is 0 Å². The van der Waals surface area contributed by atoms with Crippen LogP contribution in [0.25, 0.3) is 10.9 Å². The maximum atomic E-state index is 13.1. The normalized spacial score (nSPS) is 10.7. The van der Waals surface area contributed by atoms with Gasteiger partial charge in [0.25, 0.3) is 0 Å². The van der Waals surface area contributed by atoms with Gasteiger partial charge in [0.15, 0.2) is 0 Å². The number of aromatic nitrogens is 1. The summed E-state index contributed by atoms with van der Waals surface area (Å²) < 4.78 is 21.8. The van der Waals surface area contributed by atoms with Gasteiger partial charge in [-0.2, -0.15) is 0 Å². The van der Waals surface area contributed by atoms with Gasteiger partial charge in [-0.15, -0.1) is 11.8 Å². The molecule has 8 heteroatoms. The summed E-state index contributed by atoms with van der Waals surface area (Å²) in [6, 6.07) is 20.5. The average Bonchev–Trinajstić information content (AvgIpc) is 2.94. The lowest BCUT2D eigenvalue weighted by molar-refractivity contribution is 0.0586. The van der Waals surface area contributed by atoms with Crippen LogP contribution in [0.2, 0.25) is 0 Å². The van der Waals surface area contributed by atoms with E-state index in [0.29, 0.717) is 44.3 Å². The summed E-state index contributed by atoms with van der Waals surface area (Å²) >= 11 is 1.45. The van der Waals surface area contributed by atoms with Gasteiger partial charge in [-0.25, -0.2) is 14.6 Å². The Bertz CT molecular complexity index is 1450. The van der Waals surface area contributed by atoms with Crippen LogP contribution in [-0.4, -0.2) is 38.3 Å². The number of hydrogen-bond acceptors (Lipinski definition) is 8. The number of aryl methyl sites for hydroxylation is 1. The second-order valence-corrected chi connectivity index (χ2v) is 9.12. The number of benzene rings is 3. The highest BCUT2D eigenvalue weighted by molar-refractivity contribution is 7.98. The van der Waals surface area contributed by atoms with Crippen LogP contribution in [0, 0.1) is 6.92 Å². The van der Waals surface area contributed by atoms with Crippen LogP contribution >= 0.6 is 11.8 Å². The van der Waals surface area contributed by atoms with Crippen molar-refractivity contribution in [2.75, 3.05) is 21.3 Å². The fourth-order valence-electron chi connectivity index (χ4n) is 3.90. The van der Waals surface area contributed by atoms with Crippen molar-refractivity contribution >= 4 is 34.6 Å². The second kappa shape index (κ2) is 11.8. The van der Waals surface area contributed by atoms with Gasteiger partial charge in [-0.05, 0) is 48.4 Å². The van der Waals surface area contributed by atoms with E-state index in [2.05, 4.69) is 19.1 Å². The van der Waals surface area contributed by atoms with Crippen LogP contribution in [-0.2, 0) is 21.8 Å². The number of esters is 2. The first-order chi connectivity index (χ1) is 18.0. The fraction of sp³-hybridized carbons (Fsp3) is 0.207. The second-order valence-electron chi connectivity index (χ2n) is 8.15. The molecule has 0 N–H and O–H groups in total. The summed E-state index contributed by atoms with van der Waals surface area (Å²) in [6.45, 7) is 2.09. The number of fused-ring (bicyclic) bond motifs is 1. The monoisotopic (exact) mass is 517 g/mol. The van der Waals surface area contributed by atoms with Gasteiger partial charge in [-0.3, -0.25) is 0 Å². The summed E-state index contributed by atoms with van der Waals surface area (Å²) in [7, 11) is 4.20. The Morgan fingerprint density at radius 3 is 2.32 bits per heavy atom. The van der Waals surface area contributed by atoms with Gasteiger partial charge < -0.3 is 18.9 Å². The molecule has 0 spiro atoms. The third-order valence-corrected chi connectivity index (χ3v) is 6.92. The zero-order valence-corrected chi connectivity index (χ0v) is 21.9. The van der Waals surface area contributed by atoms with E-state index >= 15 is 0 Å². The van der Waals surface area contributed by atoms with Gasteiger partial charge in [0.2, 0.25) is 0 Å². The SMILES string of the molecule is COC(=O)c1ccc(OC)c(COc2c(C(=O)OC)c(SCc3ccccc3C)nc3ccccc23)c1. The van der Waals surface area contributed by atoms with Crippen molar-refractivity contribution in [1.82, 2.24) is 4.98 Å². The maximum Gasteiger partial charge on any atom is 0.344 e. The molecule has 0 aliphatic heterocycles. The molecule has 3 aromatic carbocycles. The van der Waals surface area contributed by atoms with Crippen molar-refractivity contribution in [3.8, 4) is 11.5 Å². The van der Waals surface area contributed by atoms with Crippen LogP contribution in [0.15, 0.2) is 71.8 Å². The van der Waals surface area contributed by atoms with Gasteiger partial charge in [0, 0.05) is 16.7 Å². The molecule has 190 valence electrons. The Kier molecular flexibility index (Phi) is 8.30. The highest BCUT2D eigenvalue weighted by atomic mass is 32.2. The Hall–Kier alpha value is -4.04. The molecule has 0 saturated carbocycles. The van der Waals surface area contributed by atoms with Crippen molar-refractivity contribution in [1.29, 1.82) is 0 Å². The molecule has 0 atom stereocenters. The van der Waals surface area contributed by atoms with Crippen LogP contribution in [0.1, 0.15) is 37.4 Å². The van der Waals surface area contributed by atoms with E-state index in [0.717, 1.165) is 11.1 Å². The number of pyridine rings is 1. The lowest BCUT2D eigenvalue weighted by Crippen LogP contribution is -2.11. The minimum absolute atomic E-state index is 0.0356. The Balaban J connectivity index is 1.77. The first-order valence-electron chi connectivity index (χ1n) is 11.5. The topological polar surface area (TPSA) is 84.0 Å². The van der Waals surface area contributed by atoms with Crippen molar-refractivity contribution < 1.29 is 28.5 Å². The summed E-state index contributed by atoms with van der Waals surface area (Å²) in [5, 5.41) is 1.19. The molecule has 0 radical (unpaired) electrons. The van der Waals surface area contributed by atoms with Crippen LogP contribution in [0.3, 0.4) is 0 Å². The van der Waals surface area contributed by atoms with Crippen molar-refractivity contribution in [3.63, 3.8) is 0 Å². The third kappa shape index (κ3) is 5.70. The predicted octanol–water partition coefficient (Wildman–Crippen LogP) is 6.00. The number of para-hydroxylation sites is 1. The van der Waals surface area contributed by atoms with Gasteiger partial charge >= 0.3 is 11.9 Å². The van der Waals surface area contributed by atoms with E-state index in [1.165, 1.54) is 26.0 Å². The number of nitrogens with zero attached hydrogens (tertiary/aromatic N) is 1. The largest absolute Gasteiger partial charge is 0.496 e. The molecule has 37 heavy (non-hydrogen) atoms. The zero-order chi connectivity index (χ0) is 26.4. The molecule has 4 rings (SSSR count). The number of methoxy groups -OCH3 is 3. The fourth-order valence-corrected chi connectivity index (χ4v) is 5.00. The lowest BCUT2D eigenvalue weighted by Gasteiger charge is -2.17. The summed E-state index contributed by atoms with van der Waals surface area (Å²) in [5.41, 5.74) is 4.23. The average molecular weight is 518 g/mol. The molecular weight excluding hydrogens is 490 g/mol. The molecule has 7 nitrogen and oxygen atoms in total. The van der Waals surface area contributed by atoms with Crippen molar-refractivity contribution in [3.05, 3.63) is 94.5 Å². The quantitative estimate of drug-likeness (QED) is 0.198. The minimum atomic E-state index is -0.546. The van der Waals surface area contributed by atoms with E-state index in [1.807, 2.05) is 36.4 Å². The van der Waals surface area contributed by atoms with E-state index in [9.17, 15) is 9.59 Å². The van der Waals surface area contributed by atoms with Crippen molar-refractivity contribution in [2.45, 2.75) is 24.3 Å². The Morgan fingerprint density at radius 1 is 0.865 bits per heavy atom. The number of ether oxygens (including phenoxy) is 4. The smallest absolute Gasteiger partial charge is 0.344 e. The van der Waals surface area contributed by atoms with Crippen LogP contribution in [0.4, 0.5) is 0 Å². The van der Waals surface area contributed by atoms with Gasteiger partial charge in [-0.1, -0.05) is 36.4 Å². The molecule has 1 aromatic heterocycles. The molecule has 0 unspecified atom stereocenters. The highest BCUT2D eigenvalue weighted by Gasteiger charge is 2.24. The number of rotatable bonds is 9. The van der Waals surface area contributed by atoms with E-state index in [4.69, 9.17) is 23.9 Å². The summed E-state index contributed by atoms with van der Waals surface area (Å²) in [6.07, 6.45) is 0. The first kappa shape index (κ1) is 26.0. The third-order valence-electron chi connectivity index (χ3n) is 5.90. The standard InChI is InChI=1S/C29H27NO6S/c1-18-9-5-6-10-20(18)17-37-27-25(29(32)35-4)26(22-11-7-8-12-23(22)30-27)36-16-21-15-19(28(31)34-3)13-14-24(21)33-2/h5-15H,16-17H2,1-4H3. The molecule has 0 aliphatic rings. The molecule has 0 aliphatic carbocycles. The highest BCUT2D eigenvalue weighted by Crippen LogP contribution is 2.38. The summed E-state index contributed by atoms with van der Waals surface area (Å²) in [4.78, 5) is 29.9. The minimum Gasteiger partial charge on any atom is -0.496 e. The van der Waals surface area contributed by atoms with Crippen LogP contribution in [0.5, 0.6) is 11.5 Å². The van der Waals surface area contributed by atoms with E-state index in [-0.39, 0.29) is 12.2 Å². The maximum absolute atomic E-state index is 13.1. The number of hydrogen-bond donors (Lipinski definition) is 0. The summed E-state index contributed by atoms with van der Waals surface area (Å²) in [5.74, 6) is 0.505. The molecule has 4 aromatic rings. The lowest BCUT2D eigenvalue weighted by atomic mass is 10.1. The van der Waals surface area contributed by atoms with Gasteiger partial charge in [0.1, 0.15) is 28.7 Å². The Labute approximate surface area is 219 Å². The number of thioether (sulfide) groups is 1. The zero-order valence-electron chi connectivity index (χ0n) is 21.1. The molecular formula is C29H27NO6S. The molecule has 0 amide bonds. The number of carbonyl (C=O) groups excluding carboxylic acids is 2. The predicted molar refractivity (Wildman–Crippen MR) is 142 cm³/mol. The molecule has 0 fully saturated rings. The number of carbonyl (C=O) groups is 2. The van der Waals surface area contributed by atoms with E-state index in [1.54, 1.807) is 25.3 Å². The van der Waals surface area contributed by atoms with E-state index < -0.39 is 11.9 Å². The first-order valence-corrected chi connectivity index (χ1v) is 12.5. The Morgan fingerprint density at radius 2 is 1.59 bits per heavy atom. The molecule has 0 saturated heterocycles. The molecule has 1 heterocycles.